The molecule has 0 spiro atoms. The number of ether oxygens (including phenoxy) is 1. The van der Waals surface area contributed by atoms with Crippen LogP contribution in [0.25, 0.3) is 0 Å². The molecule has 27 heavy (non-hydrogen) atoms. The molecule has 1 saturated heterocycles. The summed E-state index contributed by atoms with van der Waals surface area (Å²) in [5.41, 5.74) is 3.50. The number of fused-ring (bicyclic) bond motifs is 1. The predicted octanol–water partition coefficient (Wildman–Crippen LogP) is 4.41. The van der Waals surface area contributed by atoms with Crippen molar-refractivity contribution in [3.05, 3.63) is 70.0 Å². The van der Waals surface area contributed by atoms with E-state index in [1.54, 1.807) is 6.07 Å². The van der Waals surface area contributed by atoms with Crippen molar-refractivity contribution < 1.29 is 9.13 Å². The summed E-state index contributed by atoms with van der Waals surface area (Å²) in [6.07, 6.45) is 0.978. The van der Waals surface area contributed by atoms with Gasteiger partial charge in [-0.1, -0.05) is 35.9 Å². The summed E-state index contributed by atoms with van der Waals surface area (Å²) >= 11 is 5.96. The zero-order chi connectivity index (χ0) is 17.2. The Hall–Kier alpha value is -0.880. The monoisotopic (exact) mass is 432 g/mol. The first-order valence-electron chi connectivity index (χ1n) is 8.80. The highest BCUT2D eigenvalue weighted by atomic mass is 35.5. The highest BCUT2D eigenvalue weighted by Gasteiger charge is 2.37. The summed E-state index contributed by atoms with van der Waals surface area (Å²) in [5.74, 6) is -0.320. The fourth-order valence-corrected chi connectivity index (χ4v) is 4.22. The van der Waals surface area contributed by atoms with Crippen LogP contribution in [0, 0.1) is 5.82 Å². The fourth-order valence-electron chi connectivity index (χ4n) is 3.98. The van der Waals surface area contributed by atoms with Crippen molar-refractivity contribution in [2.24, 2.45) is 0 Å². The molecule has 0 saturated carbocycles. The van der Waals surface area contributed by atoms with E-state index < -0.39 is 0 Å². The molecule has 7 heteroatoms. The molecule has 0 aromatic heterocycles. The summed E-state index contributed by atoms with van der Waals surface area (Å²) < 4.78 is 19.8. The lowest BCUT2D eigenvalue weighted by Crippen LogP contribution is -2.47. The molecule has 2 aromatic rings. The fraction of sp³-hybridized carbons (Fsp3) is 0.400. The van der Waals surface area contributed by atoms with Crippen molar-refractivity contribution in [3.8, 4) is 0 Å². The van der Waals surface area contributed by atoms with Gasteiger partial charge in [-0.2, -0.15) is 0 Å². The summed E-state index contributed by atoms with van der Waals surface area (Å²) in [7, 11) is 0. The van der Waals surface area contributed by atoms with Gasteiger partial charge in [0.1, 0.15) is 5.82 Å². The maximum absolute atomic E-state index is 13.6. The van der Waals surface area contributed by atoms with Crippen LogP contribution in [0.5, 0.6) is 0 Å². The van der Waals surface area contributed by atoms with Gasteiger partial charge in [0, 0.05) is 37.6 Å². The van der Waals surface area contributed by atoms with E-state index in [1.807, 2.05) is 0 Å². The van der Waals surface area contributed by atoms with E-state index in [4.69, 9.17) is 16.3 Å². The van der Waals surface area contributed by atoms with E-state index in [-0.39, 0.29) is 42.8 Å². The second-order valence-corrected chi connectivity index (χ2v) is 7.20. The molecular formula is C20H24Cl3FN2O. The number of hydrogen-bond donors (Lipinski definition) is 1. The number of rotatable bonds is 4. The molecule has 2 aromatic carbocycles. The molecule has 4 rings (SSSR count). The molecule has 2 atom stereocenters. The second kappa shape index (κ2) is 10.1. The number of piperazine rings is 1. The quantitative estimate of drug-likeness (QED) is 0.773. The maximum atomic E-state index is 13.6. The van der Waals surface area contributed by atoms with Gasteiger partial charge in [-0.3, -0.25) is 4.90 Å². The molecular weight excluding hydrogens is 410 g/mol. The van der Waals surface area contributed by atoms with Crippen LogP contribution in [0.2, 0.25) is 5.02 Å². The topological polar surface area (TPSA) is 24.5 Å². The Morgan fingerprint density at radius 3 is 2.59 bits per heavy atom. The maximum Gasteiger partial charge on any atom is 0.125 e. The van der Waals surface area contributed by atoms with Gasteiger partial charge in [-0.15, -0.1) is 24.8 Å². The van der Waals surface area contributed by atoms with Crippen molar-refractivity contribution in [2.45, 2.75) is 25.2 Å². The highest BCUT2D eigenvalue weighted by molar-refractivity contribution is 6.30. The molecule has 1 fully saturated rings. The minimum absolute atomic E-state index is 0. The van der Waals surface area contributed by atoms with Gasteiger partial charge in [0.2, 0.25) is 0 Å². The number of nitrogens with one attached hydrogen (secondary N) is 1. The van der Waals surface area contributed by atoms with Crippen molar-refractivity contribution in [2.75, 3.05) is 26.2 Å². The highest BCUT2D eigenvalue weighted by Crippen LogP contribution is 2.38. The summed E-state index contributed by atoms with van der Waals surface area (Å²) in [5, 5.41) is 3.82. The Morgan fingerprint density at radius 1 is 1.11 bits per heavy atom. The Bertz CT molecular complexity index is 736. The van der Waals surface area contributed by atoms with Gasteiger partial charge in [0.25, 0.3) is 0 Å². The number of halogens is 4. The van der Waals surface area contributed by atoms with Gasteiger partial charge < -0.3 is 10.1 Å². The molecule has 0 unspecified atom stereocenters. The van der Waals surface area contributed by atoms with E-state index in [9.17, 15) is 4.39 Å². The van der Waals surface area contributed by atoms with Gasteiger partial charge in [0.15, 0.2) is 0 Å². The Labute approximate surface area is 177 Å². The molecule has 148 valence electrons. The second-order valence-electron chi connectivity index (χ2n) is 6.76. The molecule has 1 heterocycles. The standard InChI is InChI=1S/C20H22ClFN2O.2ClH/c21-16-9-14(10-17(22)12-16)13-25-19-11-15-3-1-2-4-18(15)20(19)24-7-5-23-6-8-24;;/h1-4,9-10,12,19-20,23H,5-8,11,13H2;2*1H/t19-,20-;;/m1../s1. The average molecular weight is 434 g/mol. The van der Waals surface area contributed by atoms with Crippen molar-refractivity contribution in [3.63, 3.8) is 0 Å². The largest absolute Gasteiger partial charge is 0.371 e. The van der Waals surface area contributed by atoms with Crippen LogP contribution in [0.3, 0.4) is 0 Å². The van der Waals surface area contributed by atoms with Crippen molar-refractivity contribution in [1.82, 2.24) is 10.2 Å². The van der Waals surface area contributed by atoms with Crippen LogP contribution in [0.15, 0.2) is 42.5 Å². The minimum Gasteiger partial charge on any atom is -0.371 e. The molecule has 3 nitrogen and oxygen atoms in total. The van der Waals surface area contributed by atoms with Crippen LogP contribution >= 0.6 is 36.4 Å². The number of benzene rings is 2. The van der Waals surface area contributed by atoms with Crippen LogP contribution in [-0.4, -0.2) is 37.2 Å². The lowest BCUT2D eigenvalue weighted by Gasteiger charge is -2.36. The van der Waals surface area contributed by atoms with Crippen LogP contribution in [0.1, 0.15) is 22.7 Å². The van der Waals surface area contributed by atoms with Gasteiger partial charge in [0.05, 0.1) is 18.8 Å². The Morgan fingerprint density at radius 2 is 1.85 bits per heavy atom. The summed E-state index contributed by atoms with van der Waals surface area (Å²) in [6.45, 7) is 4.42. The first-order valence-corrected chi connectivity index (χ1v) is 9.17. The third-order valence-electron chi connectivity index (χ3n) is 5.08. The molecule has 1 aliphatic heterocycles. The molecule has 0 radical (unpaired) electrons. The smallest absolute Gasteiger partial charge is 0.125 e. The Kier molecular flexibility index (Phi) is 8.35. The first-order chi connectivity index (χ1) is 12.2. The van der Waals surface area contributed by atoms with E-state index in [0.717, 1.165) is 38.2 Å². The molecule has 1 aliphatic carbocycles. The first kappa shape index (κ1) is 22.4. The van der Waals surface area contributed by atoms with Crippen LogP contribution < -0.4 is 5.32 Å². The lowest BCUT2D eigenvalue weighted by atomic mass is 10.1. The van der Waals surface area contributed by atoms with E-state index in [0.29, 0.717) is 11.6 Å². The van der Waals surface area contributed by atoms with Crippen molar-refractivity contribution in [1.29, 1.82) is 0 Å². The molecule has 0 amide bonds. The van der Waals surface area contributed by atoms with Gasteiger partial charge in [-0.05, 0) is 34.9 Å². The zero-order valence-corrected chi connectivity index (χ0v) is 17.3. The third-order valence-corrected chi connectivity index (χ3v) is 5.30. The molecule has 2 aliphatic rings. The van der Waals surface area contributed by atoms with Crippen LogP contribution in [0.4, 0.5) is 4.39 Å². The number of nitrogens with zero attached hydrogens (tertiary/aromatic N) is 1. The molecule has 1 N–H and O–H groups in total. The SMILES string of the molecule is Cl.Cl.Fc1cc(Cl)cc(CO[C@@H]2Cc3ccccc3[C@H]2N2CCNCC2)c1. The lowest BCUT2D eigenvalue weighted by molar-refractivity contribution is -0.0189. The normalized spacial score (nSPS) is 21.9. The van der Waals surface area contributed by atoms with E-state index in [1.165, 1.54) is 23.3 Å². The predicted molar refractivity (Wildman–Crippen MR) is 112 cm³/mol. The average Bonchev–Trinajstić information content (AvgIpc) is 2.98. The van der Waals surface area contributed by atoms with E-state index in [2.05, 4.69) is 34.5 Å². The molecule has 0 bridgehead atoms. The summed E-state index contributed by atoms with van der Waals surface area (Å²) in [4.78, 5) is 2.51. The summed E-state index contributed by atoms with van der Waals surface area (Å²) in [6, 6.07) is 13.4. The van der Waals surface area contributed by atoms with Crippen LogP contribution in [-0.2, 0) is 17.8 Å². The number of hydrogen-bond acceptors (Lipinski definition) is 3. The Balaban J connectivity index is 0.00000131. The zero-order valence-electron chi connectivity index (χ0n) is 14.9. The van der Waals surface area contributed by atoms with Crippen molar-refractivity contribution >= 4 is 36.4 Å². The third kappa shape index (κ3) is 5.14. The van der Waals surface area contributed by atoms with E-state index >= 15 is 0 Å². The van der Waals surface area contributed by atoms with Gasteiger partial charge in [-0.25, -0.2) is 4.39 Å². The minimum atomic E-state index is -0.320. The van der Waals surface area contributed by atoms with Gasteiger partial charge >= 0.3 is 0 Å².